The Kier molecular flexibility index (Phi) is 4.17. The second kappa shape index (κ2) is 6.24. The molecule has 0 unspecified atom stereocenters. The van der Waals surface area contributed by atoms with E-state index in [2.05, 4.69) is 5.10 Å². The predicted molar refractivity (Wildman–Crippen MR) is 79.1 cm³/mol. The number of hydrogen-bond acceptors (Lipinski definition) is 4. The molecule has 1 aliphatic rings. The maximum Gasteiger partial charge on any atom is 0.257 e. The minimum absolute atomic E-state index is 0.0495. The van der Waals surface area contributed by atoms with Gasteiger partial charge >= 0.3 is 0 Å². The average molecular weight is 288 g/mol. The van der Waals surface area contributed by atoms with Gasteiger partial charge in [0.05, 0.1) is 30.0 Å². The SMILES string of the molecule is NCCOC1CCN(C(=O)c2cnn3ccccc23)CC1. The van der Waals surface area contributed by atoms with E-state index in [1.165, 1.54) is 0 Å². The highest BCUT2D eigenvalue weighted by Gasteiger charge is 2.25. The van der Waals surface area contributed by atoms with Crippen LogP contribution in [0.4, 0.5) is 0 Å². The van der Waals surface area contributed by atoms with Crippen molar-refractivity contribution >= 4 is 11.4 Å². The molecule has 1 fully saturated rings. The number of piperidine rings is 1. The van der Waals surface area contributed by atoms with Crippen molar-refractivity contribution in [2.45, 2.75) is 18.9 Å². The maximum absolute atomic E-state index is 12.6. The molecule has 112 valence electrons. The van der Waals surface area contributed by atoms with E-state index in [0.29, 0.717) is 18.7 Å². The van der Waals surface area contributed by atoms with Crippen molar-refractivity contribution in [3.8, 4) is 0 Å². The fraction of sp³-hybridized carbons (Fsp3) is 0.467. The van der Waals surface area contributed by atoms with Gasteiger partial charge in [0.1, 0.15) is 0 Å². The number of carbonyl (C=O) groups excluding carboxylic acids is 1. The van der Waals surface area contributed by atoms with Gasteiger partial charge in [0.2, 0.25) is 0 Å². The van der Waals surface area contributed by atoms with Gasteiger partial charge in [-0.15, -0.1) is 0 Å². The van der Waals surface area contributed by atoms with Crippen molar-refractivity contribution in [3.05, 3.63) is 36.2 Å². The normalized spacial score (nSPS) is 16.5. The molecule has 6 nitrogen and oxygen atoms in total. The number of aromatic nitrogens is 2. The van der Waals surface area contributed by atoms with Crippen molar-refractivity contribution in [1.82, 2.24) is 14.5 Å². The van der Waals surface area contributed by atoms with Crippen LogP contribution in [0.5, 0.6) is 0 Å². The molecule has 1 amide bonds. The predicted octanol–water partition coefficient (Wildman–Crippen LogP) is 0.914. The van der Waals surface area contributed by atoms with E-state index in [0.717, 1.165) is 31.4 Å². The molecule has 2 aromatic rings. The lowest BCUT2D eigenvalue weighted by Gasteiger charge is -2.31. The molecule has 2 N–H and O–H groups in total. The van der Waals surface area contributed by atoms with Gasteiger partial charge in [-0.25, -0.2) is 4.52 Å². The highest BCUT2D eigenvalue weighted by molar-refractivity contribution is 6.00. The highest BCUT2D eigenvalue weighted by Crippen LogP contribution is 2.18. The molecular weight excluding hydrogens is 268 g/mol. The van der Waals surface area contributed by atoms with Crippen LogP contribution in [0, 0.1) is 0 Å². The lowest BCUT2D eigenvalue weighted by atomic mass is 10.1. The van der Waals surface area contributed by atoms with Crippen LogP contribution in [-0.2, 0) is 4.74 Å². The Morgan fingerprint density at radius 2 is 2.19 bits per heavy atom. The number of rotatable bonds is 4. The van der Waals surface area contributed by atoms with Crippen molar-refractivity contribution in [2.75, 3.05) is 26.2 Å². The van der Waals surface area contributed by atoms with Crippen LogP contribution < -0.4 is 5.73 Å². The Bertz CT molecular complexity index is 617. The molecule has 0 spiro atoms. The van der Waals surface area contributed by atoms with E-state index >= 15 is 0 Å². The molecule has 2 aromatic heterocycles. The van der Waals surface area contributed by atoms with Gasteiger partial charge in [-0.1, -0.05) is 6.07 Å². The quantitative estimate of drug-likeness (QED) is 0.908. The van der Waals surface area contributed by atoms with Crippen LogP contribution in [0.2, 0.25) is 0 Å². The lowest BCUT2D eigenvalue weighted by molar-refractivity contribution is 0.0122. The largest absolute Gasteiger partial charge is 0.377 e. The van der Waals surface area contributed by atoms with Gasteiger partial charge in [-0.2, -0.15) is 5.10 Å². The minimum Gasteiger partial charge on any atom is -0.377 e. The summed E-state index contributed by atoms with van der Waals surface area (Å²) in [4.78, 5) is 14.5. The fourth-order valence-corrected chi connectivity index (χ4v) is 2.73. The third-order valence-electron chi connectivity index (χ3n) is 3.86. The topological polar surface area (TPSA) is 72.9 Å². The summed E-state index contributed by atoms with van der Waals surface area (Å²) in [5.41, 5.74) is 6.95. The molecule has 1 saturated heterocycles. The average Bonchev–Trinajstić information content (AvgIpc) is 2.97. The van der Waals surface area contributed by atoms with Gasteiger partial charge in [-0.3, -0.25) is 4.79 Å². The molecule has 0 atom stereocenters. The number of hydrogen-bond donors (Lipinski definition) is 1. The zero-order chi connectivity index (χ0) is 14.7. The first-order valence-electron chi connectivity index (χ1n) is 7.33. The summed E-state index contributed by atoms with van der Waals surface area (Å²) in [5.74, 6) is 0.0495. The number of nitrogens with zero attached hydrogens (tertiary/aromatic N) is 3. The van der Waals surface area contributed by atoms with E-state index in [1.54, 1.807) is 10.7 Å². The van der Waals surface area contributed by atoms with Crippen LogP contribution in [0.1, 0.15) is 23.2 Å². The summed E-state index contributed by atoms with van der Waals surface area (Å²) in [6.45, 7) is 2.57. The monoisotopic (exact) mass is 288 g/mol. The van der Waals surface area contributed by atoms with Crippen LogP contribution in [0.15, 0.2) is 30.6 Å². The first-order chi connectivity index (χ1) is 10.3. The summed E-state index contributed by atoms with van der Waals surface area (Å²) >= 11 is 0. The third-order valence-corrected chi connectivity index (χ3v) is 3.86. The third kappa shape index (κ3) is 2.91. The van der Waals surface area contributed by atoms with Crippen LogP contribution in [0.3, 0.4) is 0 Å². The first-order valence-corrected chi connectivity index (χ1v) is 7.33. The number of carbonyl (C=O) groups is 1. The lowest BCUT2D eigenvalue weighted by Crippen LogP contribution is -2.41. The summed E-state index contributed by atoms with van der Waals surface area (Å²) < 4.78 is 7.37. The second-order valence-electron chi connectivity index (χ2n) is 5.24. The molecule has 0 aliphatic carbocycles. The van der Waals surface area contributed by atoms with Gasteiger partial charge in [0, 0.05) is 25.8 Å². The Hall–Kier alpha value is -1.92. The number of amides is 1. The van der Waals surface area contributed by atoms with E-state index in [-0.39, 0.29) is 12.0 Å². The number of ether oxygens (including phenoxy) is 1. The van der Waals surface area contributed by atoms with Crippen molar-refractivity contribution < 1.29 is 9.53 Å². The minimum atomic E-state index is 0.0495. The highest BCUT2D eigenvalue weighted by atomic mass is 16.5. The van der Waals surface area contributed by atoms with E-state index in [4.69, 9.17) is 10.5 Å². The fourth-order valence-electron chi connectivity index (χ4n) is 2.73. The van der Waals surface area contributed by atoms with Crippen molar-refractivity contribution in [3.63, 3.8) is 0 Å². The number of fused-ring (bicyclic) bond motifs is 1. The van der Waals surface area contributed by atoms with E-state index in [9.17, 15) is 4.79 Å². The molecule has 21 heavy (non-hydrogen) atoms. The molecular formula is C15H20N4O2. The van der Waals surface area contributed by atoms with Crippen LogP contribution >= 0.6 is 0 Å². The van der Waals surface area contributed by atoms with Gasteiger partial charge in [0.25, 0.3) is 5.91 Å². The molecule has 0 radical (unpaired) electrons. The number of likely N-dealkylation sites (tertiary alicyclic amines) is 1. The molecule has 3 heterocycles. The smallest absolute Gasteiger partial charge is 0.257 e. The standard InChI is InChI=1S/C15H20N4O2/c16-6-10-21-12-4-8-18(9-5-12)15(20)13-11-17-19-7-2-1-3-14(13)19/h1-3,7,11-12H,4-6,8-10,16H2. The molecule has 3 rings (SSSR count). The molecule has 1 aliphatic heterocycles. The Morgan fingerprint density at radius 1 is 1.38 bits per heavy atom. The number of nitrogens with two attached hydrogens (primary N) is 1. The molecule has 0 aromatic carbocycles. The zero-order valence-corrected chi connectivity index (χ0v) is 11.9. The number of pyridine rings is 1. The molecule has 0 bridgehead atoms. The van der Waals surface area contributed by atoms with Gasteiger partial charge in [-0.05, 0) is 25.0 Å². The van der Waals surface area contributed by atoms with Crippen molar-refractivity contribution in [1.29, 1.82) is 0 Å². The summed E-state index contributed by atoms with van der Waals surface area (Å²) in [7, 11) is 0. The Balaban J connectivity index is 1.67. The van der Waals surface area contributed by atoms with Crippen LogP contribution in [0.25, 0.3) is 5.52 Å². The maximum atomic E-state index is 12.6. The summed E-state index contributed by atoms with van der Waals surface area (Å²) in [5, 5.41) is 4.22. The van der Waals surface area contributed by atoms with Crippen LogP contribution in [-0.4, -0.2) is 52.8 Å². The molecule has 6 heteroatoms. The van der Waals surface area contributed by atoms with E-state index < -0.39 is 0 Å². The Morgan fingerprint density at radius 3 is 2.95 bits per heavy atom. The van der Waals surface area contributed by atoms with Gasteiger partial charge < -0.3 is 15.4 Å². The zero-order valence-electron chi connectivity index (χ0n) is 11.9. The summed E-state index contributed by atoms with van der Waals surface area (Å²) in [6, 6.07) is 5.73. The first kappa shape index (κ1) is 14.0. The van der Waals surface area contributed by atoms with E-state index in [1.807, 2.05) is 29.3 Å². The summed E-state index contributed by atoms with van der Waals surface area (Å²) in [6.07, 6.45) is 5.45. The molecule has 0 saturated carbocycles. The second-order valence-corrected chi connectivity index (χ2v) is 5.24. The van der Waals surface area contributed by atoms with Crippen molar-refractivity contribution in [2.24, 2.45) is 5.73 Å². The van der Waals surface area contributed by atoms with Gasteiger partial charge in [0.15, 0.2) is 0 Å². The Labute approximate surface area is 123 Å².